The summed E-state index contributed by atoms with van der Waals surface area (Å²) in [6, 6.07) is 12.9. The van der Waals surface area contributed by atoms with Gasteiger partial charge in [0, 0.05) is 11.7 Å². The van der Waals surface area contributed by atoms with Gasteiger partial charge in [-0.05, 0) is 56.2 Å². The van der Waals surface area contributed by atoms with E-state index in [4.69, 9.17) is 5.14 Å². The Morgan fingerprint density at radius 1 is 1.05 bits per heavy atom. The summed E-state index contributed by atoms with van der Waals surface area (Å²) in [5.41, 5.74) is 4.54. The molecule has 0 fully saturated rings. The number of nitrogens with one attached hydrogen (secondary N) is 1. The zero-order valence-electron chi connectivity index (χ0n) is 12.4. The van der Waals surface area contributed by atoms with Crippen molar-refractivity contribution in [2.24, 2.45) is 5.14 Å². The summed E-state index contributed by atoms with van der Waals surface area (Å²) in [5, 5.41) is 8.45. The van der Waals surface area contributed by atoms with Crippen LogP contribution in [0, 0.1) is 13.8 Å². The molecule has 0 aromatic heterocycles. The molecule has 0 aliphatic rings. The minimum absolute atomic E-state index is 0.118. The van der Waals surface area contributed by atoms with Crippen molar-refractivity contribution in [2.45, 2.75) is 31.7 Å². The molecule has 0 saturated carbocycles. The van der Waals surface area contributed by atoms with Gasteiger partial charge in [0.25, 0.3) is 0 Å². The number of rotatable bonds is 4. The molecular weight excluding hydrogens is 284 g/mol. The summed E-state index contributed by atoms with van der Waals surface area (Å²) in [4.78, 5) is 0.118. The van der Waals surface area contributed by atoms with Gasteiger partial charge in [0.2, 0.25) is 10.0 Å². The molecule has 2 aromatic rings. The lowest BCUT2D eigenvalue weighted by molar-refractivity contribution is 0.598. The zero-order valence-corrected chi connectivity index (χ0v) is 13.2. The smallest absolute Gasteiger partial charge is 0.238 e. The van der Waals surface area contributed by atoms with Crippen molar-refractivity contribution in [3.63, 3.8) is 0 Å². The number of primary sulfonamides is 1. The number of nitrogens with two attached hydrogens (primary N) is 1. The number of anilines is 1. The number of hydrogen-bond donors (Lipinski definition) is 2. The highest BCUT2D eigenvalue weighted by Gasteiger charge is 2.10. The molecule has 2 aromatic carbocycles. The average Bonchev–Trinajstić information content (AvgIpc) is 2.38. The van der Waals surface area contributed by atoms with Gasteiger partial charge in [-0.1, -0.05) is 23.8 Å². The van der Waals surface area contributed by atoms with E-state index in [1.165, 1.54) is 28.8 Å². The third kappa shape index (κ3) is 3.83. The van der Waals surface area contributed by atoms with Gasteiger partial charge < -0.3 is 5.32 Å². The molecule has 3 N–H and O–H groups in total. The van der Waals surface area contributed by atoms with Crippen LogP contribution in [0.2, 0.25) is 0 Å². The van der Waals surface area contributed by atoms with Crippen LogP contribution in [0.1, 0.15) is 29.7 Å². The molecule has 0 amide bonds. The molecule has 0 radical (unpaired) electrons. The maximum atomic E-state index is 11.2. The highest BCUT2D eigenvalue weighted by Crippen LogP contribution is 2.23. The van der Waals surface area contributed by atoms with Crippen LogP contribution in [0.25, 0.3) is 0 Å². The minimum Gasteiger partial charge on any atom is -0.379 e. The van der Waals surface area contributed by atoms with Gasteiger partial charge in [-0.3, -0.25) is 0 Å². The fraction of sp³-hybridized carbons (Fsp3) is 0.250. The maximum Gasteiger partial charge on any atom is 0.238 e. The topological polar surface area (TPSA) is 72.2 Å². The van der Waals surface area contributed by atoms with E-state index in [9.17, 15) is 8.42 Å². The van der Waals surface area contributed by atoms with Gasteiger partial charge in [0.1, 0.15) is 0 Å². The molecule has 1 atom stereocenters. The Morgan fingerprint density at radius 2 is 1.67 bits per heavy atom. The monoisotopic (exact) mass is 304 g/mol. The van der Waals surface area contributed by atoms with Gasteiger partial charge >= 0.3 is 0 Å². The van der Waals surface area contributed by atoms with Crippen LogP contribution in [-0.2, 0) is 10.0 Å². The standard InChI is InChI=1S/C16H20N2O2S/c1-11-4-9-16(12(2)10-11)13(3)18-14-5-7-15(8-6-14)21(17,19)20/h4-10,13,18H,1-3H3,(H2,17,19,20). The van der Waals surface area contributed by atoms with E-state index in [1.54, 1.807) is 12.1 Å². The first-order valence-electron chi connectivity index (χ1n) is 6.74. The fourth-order valence-electron chi connectivity index (χ4n) is 2.38. The Morgan fingerprint density at radius 3 is 2.19 bits per heavy atom. The minimum atomic E-state index is -3.64. The first-order chi connectivity index (χ1) is 9.77. The third-order valence-electron chi connectivity index (χ3n) is 3.46. The van der Waals surface area contributed by atoms with Gasteiger partial charge in [0.05, 0.1) is 4.90 Å². The van der Waals surface area contributed by atoms with E-state index in [-0.39, 0.29) is 10.9 Å². The summed E-state index contributed by atoms with van der Waals surface area (Å²) in [6.45, 7) is 6.23. The summed E-state index contributed by atoms with van der Waals surface area (Å²) >= 11 is 0. The Labute approximate surface area is 126 Å². The van der Waals surface area contributed by atoms with Crippen LogP contribution >= 0.6 is 0 Å². The van der Waals surface area contributed by atoms with Crippen molar-refractivity contribution in [3.05, 3.63) is 59.2 Å². The quantitative estimate of drug-likeness (QED) is 0.911. The van der Waals surface area contributed by atoms with E-state index in [2.05, 4.69) is 44.3 Å². The van der Waals surface area contributed by atoms with Crippen molar-refractivity contribution in [2.75, 3.05) is 5.32 Å². The van der Waals surface area contributed by atoms with Gasteiger partial charge in [-0.15, -0.1) is 0 Å². The Bertz CT molecular complexity index is 737. The van der Waals surface area contributed by atoms with Crippen LogP contribution in [-0.4, -0.2) is 8.42 Å². The lowest BCUT2D eigenvalue weighted by Gasteiger charge is -2.18. The Hall–Kier alpha value is -1.85. The van der Waals surface area contributed by atoms with Crippen LogP contribution in [0.4, 0.5) is 5.69 Å². The lowest BCUT2D eigenvalue weighted by Crippen LogP contribution is -2.12. The van der Waals surface area contributed by atoms with E-state index in [0.717, 1.165) is 5.69 Å². The van der Waals surface area contributed by atoms with Crippen molar-refractivity contribution >= 4 is 15.7 Å². The molecule has 21 heavy (non-hydrogen) atoms. The zero-order chi connectivity index (χ0) is 15.6. The molecule has 0 saturated heterocycles. The van der Waals surface area contributed by atoms with Crippen LogP contribution < -0.4 is 10.5 Å². The van der Waals surface area contributed by atoms with Gasteiger partial charge in [-0.25, -0.2) is 13.6 Å². The van der Waals surface area contributed by atoms with E-state index < -0.39 is 10.0 Å². The second-order valence-electron chi connectivity index (χ2n) is 5.30. The SMILES string of the molecule is Cc1ccc(C(C)Nc2ccc(S(N)(=O)=O)cc2)c(C)c1. The molecule has 0 heterocycles. The highest BCUT2D eigenvalue weighted by atomic mass is 32.2. The highest BCUT2D eigenvalue weighted by molar-refractivity contribution is 7.89. The molecule has 0 bridgehead atoms. The van der Waals surface area contributed by atoms with Crippen LogP contribution in [0.15, 0.2) is 47.4 Å². The third-order valence-corrected chi connectivity index (χ3v) is 4.39. The van der Waals surface area contributed by atoms with Crippen molar-refractivity contribution in [1.29, 1.82) is 0 Å². The van der Waals surface area contributed by atoms with E-state index >= 15 is 0 Å². The molecule has 0 spiro atoms. The molecule has 4 nitrogen and oxygen atoms in total. The van der Waals surface area contributed by atoms with Crippen LogP contribution in [0.3, 0.4) is 0 Å². The molecule has 0 aliphatic heterocycles. The predicted molar refractivity (Wildman–Crippen MR) is 85.8 cm³/mol. The number of sulfonamides is 1. The lowest BCUT2D eigenvalue weighted by atomic mass is 10.00. The Kier molecular flexibility index (Phi) is 4.34. The summed E-state index contributed by atoms with van der Waals surface area (Å²) in [7, 11) is -3.64. The molecule has 5 heteroatoms. The van der Waals surface area contributed by atoms with Crippen molar-refractivity contribution in [3.8, 4) is 0 Å². The average molecular weight is 304 g/mol. The molecular formula is C16H20N2O2S. The number of hydrogen-bond acceptors (Lipinski definition) is 3. The van der Waals surface area contributed by atoms with E-state index in [1.807, 2.05) is 0 Å². The van der Waals surface area contributed by atoms with Crippen LogP contribution in [0.5, 0.6) is 0 Å². The maximum absolute atomic E-state index is 11.2. The molecule has 112 valence electrons. The summed E-state index contributed by atoms with van der Waals surface area (Å²) in [6.07, 6.45) is 0. The first kappa shape index (κ1) is 15.5. The Balaban J connectivity index is 2.18. The summed E-state index contributed by atoms with van der Waals surface area (Å²) < 4.78 is 22.4. The first-order valence-corrected chi connectivity index (χ1v) is 8.28. The van der Waals surface area contributed by atoms with E-state index in [0.29, 0.717) is 0 Å². The van der Waals surface area contributed by atoms with Gasteiger partial charge in [-0.2, -0.15) is 0 Å². The second kappa shape index (κ2) is 5.87. The molecule has 1 unspecified atom stereocenters. The largest absolute Gasteiger partial charge is 0.379 e. The number of aryl methyl sites for hydroxylation is 2. The molecule has 2 rings (SSSR count). The normalized spacial score (nSPS) is 13.0. The second-order valence-corrected chi connectivity index (χ2v) is 6.86. The number of benzene rings is 2. The van der Waals surface area contributed by atoms with Crippen molar-refractivity contribution < 1.29 is 8.42 Å². The summed E-state index contributed by atoms with van der Waals surface area (Å²) in [5.74, 6) is 0. The predicted octanol–water partition coefficient (Wildman–Crippen LogP) is 3.12. The fourth-order valence-corrected chi connectivity index (χ4v) is 2.90. The molecule has 0 aliphatic carbocycles. The van der Waals surface area contributed by atoms with Gasteiger partial charge in [0.15, 0.2) is 0 Å². The van der Waals surface area contributed by atoms with Crippen molar-refractivity contribution in [1.82, 2.24) is 0 Å².